The third kappa shape index (κ3) is 2.58. The summed E-state index contributed by atoms with van der Waals surface area (Å²) in [7, 11) is 0. The van der Waals surface area contributed by atoms with Crippen LogP contribution in [0.15, 0.2) is 24.3 Å². The average Bonchev–Trinajstić information content (AvgIpc) is 2.69. The minimum Gasteiger partial charge on any atom is -0.368 e. The molecule has 1 amide bonds. The maximum atomic E-state index is 11.8. The second-order valence-electron chi connectivity index (χ2n) is 5.83. The van der Waals surface area contributed by atoms with Crippen molar-refractivity contribution in [3.05, 3.63) is 35.4 Å². The van der Waals surface area contributed by atoms with E-state index in [1.807, 2.05) is 0 Å². The largest absolute Gasteiger partial charge is 0.368 e. The van der Waals surface area contributed by atoms with E-state index in [1.165, 1.54) is 11.1 Å². The van der Waals surface area contributed by atoms with Crippen LogP contribution in [0, 0.1) is 0 Å². The van der Waals surface area contributed by atoms with Crippen molar-refractivity contribution < 1.29 is 4.79 Å². The first-order valence-corrected chi connectivity index (χ1v) is 7.61. The highest BCUT2D eigenvalue weighted by Crippen LogP contribution is 2.33. The molecule has 2 aliphatic heterocycles. The highest BCUT2D eigenvalue weighted by molar-refractivity contribution is 5.80. The summed E-state index contributed by atoms with van der Waals surface area (Å²) in [6.07, 6.45) is 4.22. The molecule has 3 rings (SSSR count). The van der Waals surface area contributed by atoms with E-state index in [0.717, 1.165) is 45.3 Å². The second-order valence-corrected chi connectivity index (χ2v) is 5.83. The van der Waals surface area contributed by atoms with E-state index in [9.17, 15) is 4.79 Å². The van der Waals surface area contributed by atoms with Crippen LogP contribution in [0.2, 0.25) is 0 Å². The molecule has 3 N–H and O–H groups in total. The van der Waals surface area contributed by atoms with Gasteiger partial charge < -0.3 is 11.1 Å². The van der Waals surface area contributed by atoms with Crippen LogP contribution in [0.5, 0.6) is 0 Å². The van der Waals surface area contributed by atoms with E-state index in [4.69, 9.17) is 5.73 Å². The molecular weight excluding hydrogens is 250 g/mol. The number of hydrogen-bond acceptors (Lipinski definition) is 3. The van der Waals surface area contributed by atoms with Crippen molar-refractivity contribution in [2.45, 2.75) is 44.3 Å². The molecule has 0 aromatic heterocycles. The lowest BCUT2D eigenvalue weighted by molar-refractivity contribution is -0.125. The Morgan fingerprint density at radius 2 is 2.10 bits per heavy atom. The third-order valence-electron chi connectivity index (χ3n) is 4.60. The number of primary amides is 1. The first-order valence-electron chi connectivity index (χ1n) is 7.61. The molecule has 108 valence electrons. The topological polar surface area (TPSA) is 58.4 Å². The summed E-state index contributed by atoms with van der Waals surface area (Å²) >= 11 is 0. The number of hydrogen-bond donors (Lipinski definition) is 2. The van der Waals surface area contributed by atoms with Gasteiger partial charge in [0.25, 0.3) is 0 Å². The molecule has 4 nitrogen and oxygen atoms in total. The Bertz CT molecular complexity index is 488. The number of piperidine rings is 1. The maximum Gasteiger partial charge on any atom is 0.234 e. The quantitative estimate of drug-likeness (QED) is 0.860. The molecule has 1 saturated heterocycles. The van der Waals surface area contributed by atoms with Crippen molar-refractivity contribution in [2.24, 2.45) is 5.73 Å². The number of benzene rings is 1. The monoisotopic (exact) mass is 273 g/mol. The number of carbonyl (C=O) groups excluding carboxylic acids is 1. The van der Waals surface area contributed by atoms with Crippen molar-refractivity contribution in [1.29, 1.82) is 0 Å². The van der Waals surface area contributed by atoms with E-state index >= 15 is 0 Å². The molecule has 2 heterocycles. The molecule has 2 aliphatic rings. The molecule has 2 unspecified atom stereocenters. The lowest BCUT2D eigenvalue weighted by Gasteiger charge is -2.40. The van der Waals surface area contributed by atoms with Gasteiger partial charge in [-0.3, -0.25) is 9.69 Å². The minimum atomic E-state index is -0.167. The van der Waals surface area contributed by atoms with Crippen LogP contribution in [0.25, 0.3) is 0 Å². The number of fused-ring (bicyclic) bond motifs is 1. The predicted octanol–water partition coefficient (Wildman–Crippen LogP) is 1.56. The lowest BCUT2D eigenvalue weighted by Crippen LogP contribution is -2.49. The van der Waals surface area contributed by atoms with Crippen LogP contribution in [0.1, 0.15) is 42.9 Å². The van der Waals surface area contributed by atoms with Gasteiger partial charge in [-0.15, -0.1) is 0 Å². The molecule has 1 fully saturated rings. The summed E-state index contributed by atoms with van der Waals surface area (Å²) in [5, 5.41) is 3.47. The first-order chi connectivity index (χ1) is 9.77. The lowest BCUT2D eigenvalue weighted by atomic mass is 9.92. The highest BCUT2D eigenvalue weighted by Gasteiger charge is 2.34. The molecule has 0 spiro atoms. The summed E-state index contributed by atoms with van der Waals surface area (Å²) in [6, 6.07) is 8.80. The van der Waals surface area contributed by atoms with E-state index in [0.29, 0.717) is 6.04 Å². The molecule has 4 heteroatoms. The Hall–Kier alpha value is -1.39. The zero-order chi connectivity index (χ0) is 13.9. The zero-order valence-electron chi connectivity index (χ0n) is 11.8. The molecule has 0 saturated carbocycles. The summed E-state index contributed by atoms with van der Waals surface area (Å²) in [6.45, 7) is 2.88. The van der Waals surface area contributed by atoms with Gasteiger partial charge >= 0.3 is 0 Å². The fourth-order valence-corrected chi connectivity index (χ4v) is 3.61. The zero-order valence-corrected chi connectivity index (χ0v) is 11.8. The van der Waals surface area contributed by atoms with Crippen LogP contribution in [0.3, 0.4) is 0 Å². The van der Waals surface area contributed by atoms with Crippen molar-refractivity contribution in [1.82, 2.24) is 10.2 Å². The van der Waals surface area contributed by atoms with Gasteiger partial charge in [-0.05, 0) is 43.5 Å². The number of nitrogens with zero attached hydrogens (tertiary/aromatic N) is 1. The van der Waals surface area contributed by atoms with Crippen molar-refractivity contribution in [2.75, 3.05) is 13.1 Å². The number of likely N-dealkylation sites (tertiary alicyclic amines) is 1. The summed E-state index contributed by atoms with van der Waals surface area (Å²) < 4.78 is 0. The first kappa shape index (κ1) is 13.6. The van der Waals surface area contributed by atoms with Crippen molar-refractivity contribution in [3.8, 4) is 0 Å². The summed E-state index contributed by atoms with van der Waals surface area (Å²) in [5.74, 6) is -0.167. The molecular formula is C16H23N3O. The number of amides is 1. The Balaban J connectivity index is 1.93. The Kier molecular flexibility index (Phi) is 4.03. The average molecular weight is 273 g/mol. The van der Waals surface area contributed by atoms with Gasteiger partial charge in [0.15, 0.2) is 0 Å². The maximum absolute atomic E-state index is 11.8. The fourth-order valence-electron chi connectivity index (χ4n) is 3.61. The van der Waals surface area contributed by atoms with Gasteiger partial charge in [0.1, 0.15) is 0 Å². The second kappa shape index (κ2) is 5.94. The fraction of sp³-hybridized carbons (Fsp3) is 0.562. The van der Waals surface area contributed by atoms with Gasteiger partial charge in [-0.1, -0.05) is 30.7 Å². The smallest absolute Gasteiger partial charge is 0.234 e. The van der Waals surface area contributed by atoms with Gasteiger partial charge in [0, 0.05) is 12.6 Å². The minimum absolute atomic E-state index is 0.0973. The molecule has 0 aliphatic carbocycles. The number of nitrogens with two attached hydrogens (primary N) is 1. The predicted molar refractivity (Wildman–Crippen MR) is 79.0 cm³/mol. The van der Waals surface area contributed by atoms with Crippen LogP contribution in [-0.4, -0.2) is 29.9 Å². The normalized spacial score (nSPS) is 27.6. The number of rotatable bonds is 2. The standard InChI is InChI=1S/C16H23N3O/c17-16(20)15-7-3-4-10-19(15)14-8-9-18-11-12-5-1-2-6-13(12)14/h1-2,5-6,14-15,18H,3-4,7-11H2,(H2,17,20). The van der Waals surface area contributed by atoms with E-state index in [1.54, 1.807) is 0 Å². The Morgan fingerprint density at radius 1 is 1.25 bits per heavy atom. The van der Waals surface area contributed by atoms with Gasteiger partial charge in [0.2, 0.25) is 5.91 Å². The Labute approximate surface area is 120 Å². The molecule has 0 radical (unpaired) electrons. The van der Waals surface area contributed by atoms with Gasteiger partial charge in [-0.25, -0.2) is 0 Å². The SMILES string of the molecule is NC(=O)C1CCCCN1C1CCNCc2ccccc21. The molecule has 1 aromatic rings. The molecule has 1 aromatic carbocycles. The Morgan fingerprint density at radius 3 is 2.95 bits per heavy atom. The van der Waals surface area contributed by atoms with Crippen LogP contribution >= 0.6 is 0 Å². The van der Waals surface area contributed by atoms with E-state index < -0.39 is 0 Å². The van der Waals surface area contributed by atoms with Gasteiger partial charge in [0.05, 0.1) is 6.04 Å². The van der Waals surface area contributed by atoms with Crippen LogP contribution in [-0.2, 0) is 11.3 Å². The summed E-state index contributed by atoms with van der Waals surface area (Å²) in [5.41, 5.74) is 8.34. The molecule has 2 atom stereocenters. The van der Waals surface area contributed by atoms with Crippen molar-refractivity contribution >= 4 is 5.91 Å². The van der Waals surface area contributed by atoms with Gasteiger partial charge in [-0.2, -0.15) is 0 Å². The van der Waals surface area contributed by atoms with Crippen molar-refractivity contribution in [3.63, 3.8) is 0 Å². The highest BCUT2D eigenvalue weighted by atomic mass is 16.1. The number of nitrogens with one attached hydrogen (secondary N) is 1. The van der Waals surface area contributed by atoms with E-state index in [2.05, 4.69) is 34.5 Å². The van der Waals surface area contributed by atoms with Crippen LogP contribution < -0.4 is 11.1 Å². The van der Waals surface area contributed by atoms with E-state index in [-0.39, 0.29) is 11.9 Å². The third-order valence-corrected chi connectivity index (χ3v) is 4.60. The number of carbonyl (C=O) groups is 1. The van der Waals surface area contributed by atoms with Crippen LogP contribution in [0.4, 0.5) is 0 Å². The summed E-state index contributed by atoms with van der Waals surface area (Å²) in [4.78, 5) is 14.1. The molecule has 0 bridgehead atoms. The molecule has 20 heavy (non-hydrogen) atoms.